The molecule has 0 saturated heterocycles. The van der Waals surface area contributed by atoms with Gasteiger partial charge in [-0.2, -0.15) is 4.99 Å². The Morgan fingerprint density at radius 2 is 1.64 bits per heavy atom. The fourth-order valence-electron chi connectivity index (χ4n) is 1.72. The molecule has 2 aromatic rings. The molecule has 0 radical (unpaired) electrons. The molecule has 0 spiro atoms. The first-order chi connectivity index (χ1) is 10.6. The van der Waals surface area contributed by atoms with Crippen LogP contribution >= 0.6 is 12.2 Å². The highest BCUT2D eigenvalue weighted by Crippen LogP contribution is 2.28. The first kappa shape index (κ1) is 15.6. The van der Waals surface area contributed by atoms with Crippen molar-refractivity contribution in [3.8, 4) is 11.5 Å². The van der Waals surface area contributed by atoms with Crippen molar-refractivity contribution in [1.82, 2.24) is 0 Å². The Morgan fingerprint density at radius 3 is 2.32 bits per heavy atom. The molecule has 0 fully saturated rings. The fourth-order valence-corrected chi connectivity index (χ4v) is 1.82. The largest absolute Gasteiger partial charge is 0.426 e. The topological polar surface area (TPSA) is 65.0 Å². The lowest BCUT2D eigenvalue weighted by Crippen LogP contribution is -2.12. The SMILES string of the molecule is CC(=O)Oc1ccccc1C(=O)Oc1ccccc1N=C=S. The number of benzene rings is 2. The minimum Gasteiger partial charge on any atom is -0.426 e. The molecular formula is C16H11NO4S. The van der Waals surface area contributed by atoms with Gasteiger partial charge in [0.15, 0.2) is 5.75 Å². The first-order valence-corrected chi connectivity index (χ1v) is 6.69. The van der Waals surface area contributed by atoms with Gasteiger partial charge in [-0.05, 0) is 36.5 Å². The smallest absolute Gasteiger partial charge is 0.347 e. The third-order valence-electron chi connectivity index (χ3n) is 2.59. The van der Waals surface area contributed by atoms with Crippen molar-refractivity contribution in [3.63, 3.8) is 0 Å². The van der Waals surface area contributed by atoms with E-state index < -0.39 is 11.9 Å². The zero-order valence-electron chi connectivity index (χ0n) is 11.6. The molecule has 0 heterocycles. The minimum absolute atomic E-state index is 0.135. The normalized spacial score (nSPS) is 9.50. The summed E-state index contributed by atoms with van der Waals surface area (Å²) in [6, 6.07) is 13.0. The number of thiocarbonyl (C=S) groups is 1. The molecule has 6 heteroatoms. The number of isothiocyanates is 1. The Balaban J connectivity index is 2.30. The monoisotopic (exact) mass is 313 g/mol. The second-order valence-electron chi connectivity index (χ2n) is 4.15. The highest BCUT2D eigenvalue weighted by molar-refractivity contribution is 7.78. The molecule has 5 nitrogen and oxygen atoms in total. The lowest BCUT2D eigenvalue weighted by Gasteiger charge is -2.09. The van der Waals surface area contributed by atoms with Crippen LogP contribution in [0.25, 0.3) is 0 Å². The quantitative estimate of drug-likeness (QED) is 0.374. The number of hydrogen-bond acceptors (Lipinski definition) is 6. The van der Waals surface area contributed by atoms with E-state index in [1.165, 1.54) is 19.1 Å². The van der Waals surface area contributed by atoms with Gasteiger partial charge in [0.25, 0.3) is 0 Å². The summed E-state index contributed by atoms with van der Waals surface area (Å²) in [5.41, 5.74) is 0.523. The molecule has 22 heavy (non-hydrogen) atoms. The van der Waals surface area contributed by atoms with E-state index in [-0.39, 0.29) is 17.1 Å². The predicted octanol–water partition coefficient (Wildman–Crippen LogP) is 3.57. The van der Waals surface area contributed by atoms with Crippen LogP contribution in [-0.4, -0.2) is 17.1 Å². The van der Waals surface area contributed by atoms with Crippen molar-refractivity contribution in [3.05, 3.63) is 54.1 Å². The van der Waals surface area contributed by atoms with Gasteiger partial charge in [0.05, 0.1) is 5.16 Å². The number of esters is 2. The number of nitrogens with zero attached hydrogens (tertiary/aromatic N) is 1. The van der Waals surface area contributed by atoms with Crippen molar-refractivity contribution in [2.75, 3.05) is 0 Å². The zero-order chi connectivity index (χ0) is 15.9. The second kappa shape index (κ2) is 7.26. The predicted molar refractivity (Wildman–Crippen MR) is 83.8 cm³/mol. The van der Waals surface area contributed by atoms with Gasteiger partial charge in [-0.1, -0.05) is 24.3 Å². The molecule has 110 valence electrons. The van der Waals surface area contributed by atoms with Crippen LogP contribution in [0.3, 0.4) is 0 Å². The summed E-state index contributed by atoms with van der Waals surface area (Å²) < 4.78 is 10.3. The Kier molecular flexibility index (Phi) is 5.14. The van der Waals surface area contributed by atoms with Crippen molar-refractivity contribution < 1.29 is 19.1 Å². The number of carbonyl (C=O) groups is 2. The van der Waals surface area contributed by atoms with Crippen LogP contribution in [-0.2, 0) is 4.79 Å². The molecule has 0 saturated carbocycles. The summed E-state index contributed by atoms with van der Waals surface area (Å²) in [5.74, 6) is -0.812. The van der Waals surface area contributed by atoms with Crippen LogP contribution in [0.1, 0.15) is 17.3 Å². The van der Waals surface area contributed by atoms with E-state index in [0.717, 1.165) is 0 Å². The highest BCUT2D eigenvalue weighted by atomic mass is 32.1. The van der Waals surface area contributed by atoms with E-state index in [1.54, 1.807) is 36.4 Å². The number of rotatable bonds is 4. The van der Waals surface area contributed by atoms with Crippen LogP contribution in [0, 0.1) is 0 Å². The van der Waals surface area contributed by atoms with Crippen LogP contribution in [0.4, 0.5) is 5.69 Å². The van der Waals surface area contributed by atoms with Crippen molar-refractivity contribution in [2.45, 2.75) is 6.92 Å². The molecule has 0 unspecified atom stereocenters. The second-order valence-corrected chi connectivity index (χ2v) is 4.33. The van der Waals surface area contributed by atoms with Gasteiger partial charge in [0, 0.05) is 6.92 Å². The zero-order valence-corrected chi connectivity index (χ0v) is 12.4. The molecule has 2 rings (SSSR count). The molecular weight excluding hydrogens is 302 g/mol. The number of para-hydroxylation sites is 3. The third kappa shape index (κ3) is 3.85. The molecule has 2 aromatic carbocycles. The molecule has 0 N–H and O–H groups in total. The van der Waals surface area contributed by atoms with Gasteiger partial charge < -0.3 is 9.47 Å². The fraction of sp³-hybridized carbons (Fsp3) is 0.0625. The van der Waals surface area contributed by atoms with Crippen LogP contribution in [0.5, 0.6) is 11.5 Å². The van der Waals surface area contributed by atoms with Crippen LogP contribution in [0.2, 0.25) is 0 Å². The summed E-state index contributed by atoms with van der Waals surface area (Å²) in [7, 11) is 0. The van der Waals surface area contributed by atoms with Crippen LogP contribution in [0.15, 0.2) is 53.5 Å². The Labute approximate surface area is 132 Å². The van der Waals surface area contributed by atoms with Crippen molar-refractivity contribution in [2.24, 2.45) is 4.99 Å². The van der Waals surface area contributed by atoms with E-state index in [2.05, 4.69) is 22.4 Å². The summed E-state index contributed by atoms with van der Waals surface area (Å²) in [6.07, 6.45) is 0. The summed E-state index contributed by atoms with van der Waals surface area (Å²) >= 11 is 4.55. The maximum absolute atomic E-state index is 12.3. The van der Waals surface area contributed by atoms with E-state index >= 15 is 0 Å². The molecule has 0 aromatic heterocycles. The number of hydrogen-bond donors (Lipinski definition) is 0. The molecule has 0 aliphatic carbocycles. The van der Waals surface area contributed by atoms with Crippen LogP contribution < -0.4 is 9.47 Å². The van der Waals surface area contributed by atoms with Gasteiger partial charge in [0.2, 0.25) is 0 Å². The Morgan fingerprint density at radius 1 is 1.00 bits per heavy atom. The lowest BCUT2D eigenvalue weighted by molar-refractivity contribution is -0.131. The molecule has 0 amide bonds. The van der Waals surface area contributed by atoms with Gasteiger partial charge in [0.1, 0.15) is 17.0 Å². The van der Waals surface area contributed by atoms with E-state index in [9.17, 15) is 9.59 Å². The maximum atomic E-state index is 12.3. The molecule has 0 bridgehead atoms. The van der Waals surface area contributed by atoms with Crippen molar-refractivity contribution >= 4 is 35.0 Å². The maximum Gasteiger partial charge on any atom is 0.347 e. The van der Waals surface area contributed by atoms with Gasteiger partial charge in [-0.15, -0.1) is 0 Å². The molecule has 0 atom stereocenters. The van der Waals surface area contributed by atoms with E-state index in [1.807, 2.05) is 0 Å². The number of ether oxygens (including phenoxy) is 2. The van der Waals surface area contributed by atoms with Crippen molar-refractivity contribution in [1.29, 1.82) is 0 Å². The van der Waals surface area contributed by atoms with Gasteiger partial charge >= 0.3 is 11.9 Å². The summed E-state index contributed by atoms with van der Waals surface area (Å²) in [4.78, 5) is 27.2. The summed E-state index contributed by atoms with van der Waals surface area (Å²) in [6.45, 7) is 1.26. The highest BCUT2D eigenvalue weighted by Gasteiger charge is 2.17. The summed E-state index contributed by atoms with van der Waals surface area (Å²) in [5, 5.41) is 2.22. The van der Waals surface area contributed by atoms with Gasteiger partial charge in [-0.25, -0.2) is 4.79 Å². The van der Waals surface area contributed by atoms with E-state index in [4.69, 9.17) is 9.47 Å². The number of carbonyl (C=O) groups excluding carboxylic acids is 2. The first-order valence-electron chi connectivity index (χ1n) is 6.28. The van der Waals surface area contributed by atoms with Gasteiger partial charge in [-0.3, -0.25) is 4.79 Å². The standard InChI is InChI=1S/C16H11NO4S/c1-11(18)20-14-8-4-2-6-12(14)16(19)21-15-9-5-3-7-13(15)17-10-22/h2-9H,1H3. The number of aliphatic imine (C=N–C) groups is 1. The average Bonchev–Trinajstić information content (AvgIpc) is 2.49. The lowest BCUT2D eigenvalue weighted by atomic mass is 10.2. The van der Waals surface area contributed by atoms with E-state index in [0.29, 0.717) is 5.69 Å². The minimum atomic E-state index is -0.663. The molecule has 0 aliphatic rings. The Bertz CT molecular complexity index is 766. The third-order valence-corrected chi connectivity index (χ3v) is 2.69. The average molecular weight is 313 g/mol. The Hall–Kier alpha value is -2.82. The molecule has 0 aliphatic heterocycles.